The van der Waals surface area contributed by atoms with Crippen molar-refractivity contribution in [3.05, 3.63) is 17.5 Å². The van der Waals surface area contributed by atoms with Crippen molar-refractivity contribution in [1.29, 1.82) is 0 Å². The molecule has 1 aromatic heterocycles. The Morgan fingerprint density at radius 1 is 1.55 bits per heavy atom. The summed E-state index contributed by atoms with van der Waals surface area (Å²) in [5.74, 6) is 0.745. The van der Waals surface area contributed by atoms with Gasteiger partial charge < -0.3 is 14.5 Å². The summed E-state index contributed by atoms with van der Waals surface area (Å²) in [5, 5.41) is 13.9. The van der Waals surface area contributed by atoms with E-state index in [-0.39, 0.29) is 5.92 Å². The first-order valence-electron chi connectivity index (χ1n) is 8.00. The second-order valence-corrected chi connectivity index (χ2v) is 7.23. The van der Waals surface area contributed by atoms with Crippen LogP contribution in [0.25, 0.3) is 0 Å². The van der Waals surface area contributed by atoms with Gasteiger partial charge in [0.15, 0.2) is 5.76 Å². The van der Waals surface area contributed by atoms with Gasteiger partial charge in [-0.1, -0.05) is 19.0 Å². The van der Waals surface area contributed by atoms with Crippen molar-refractivity contribution in [1.82, 2.24) is 15.0 Å². The minimum Gasteiger partial charge on any atom is -0.481 e. The van der Waals surface area contributed by atoms with Crippen molar-refractivity contribution in [2.45, 2.75) is 32.7 Å². The van der Waals surface area contributed by atoms with Gasteiger partial charge in [-0.25, -0.2) is 0 Å². The summed E-state index contributed by atoms with van der Waals surface area (Å²) in [7, 11) is 2.01. The van der Waals surface area contributed by atoms with Crippen LogP contribution in [0.5, 0.6) is 0 Å². The van der Waals surface area contributed by atoms with Gasteiger partial charge >= 0.3 is 5.97 Å². The third kappa shape index (κ3) is 2.65. The van der Waals surface area contributed by atoms with Crippen LogP contribution in [-0.4, -0.2) is 59.3 Å². The van der Waals surface area contributed by atoms with Crippen molar-refractivity contribution in [2.75, 3.05) is 33.2 Å². The van der Waals surface area contributed by atoms with E-state index < -0.39 is 11.4 Å². The highest BCUT2D eigenvalue weighted by molar-refractivity contribution is 5.76. The third-order valence-corrected chi connectivity index (χ3v) is 5.15. The van der Waals surface area contributed by atoms with Crippen LogP contribution in [0.15, 0.2) is 10.6 Å². The Morgan fingerprint density at radius 2 is 2.32 bits per heavy atom. The zero-order valence-electron chi connectivity index (χ0n) is 13.6. The van der Waals surface area contributed by atoms with Crippen LogP contribution in [0, 0.1) is 11.3 Å². The summed E-state index contributed by atoms with van der Waals surface area (Å²) < 4.78 is 5.41. The second-order valence-electron chi connectivity index (χ2n) is 7.23. The first kappa shape index (κ1) is 15.5. The van der Waals surface area contributed by atoms with Gasteiger partial charge in [0.2, 0.25) is 0 Å². The fourth-order valence-electron chi connectivity index (χ4n) is 3.89. The molecule has 0 saturated carbocycles. The number of carbonyl (C=O) groups is 1. The molecule has 2 aliphatic heterocycles. The first-order chi connectivity index (χ1) is 10.4. The number of nitrogens with zero attached hydrogens (tertiary/aromatic N) is 3. The average molecular weight is 307 g/mol. The second kappa shape index (κ2) is 5.66. The fraction of sp³-hybridized carbons (Fsp3) is 0.750. The van der Waals surface area contributed by atoms with E-state index in [9.17, 15) is 9.90 Å². The van der Waals surface area contributed by atoms with Gasteiger partial charge in [-0.2, -0.15) is 0 Å². The molecule has 122 valence electrons. The summed E-state index contributed by atoms with van der Waals surface area (Å²) in [4.78, 5) is 16.3. The van der Waals surface area contributed by atoms with Crippen LogP contribution < -0.4 is 0 Å². The zero-order chi connectivity index (χ0) is 15.9. The van der Waals surface area contributed by atoms with Crippen LogP contribution in [0.4, 0.5) is 0 Å². The van der Waals surface area contributed by atoms with Gasteiger partial charge in [-0.15, -0.1) is 0 Å². The highest BCUT2D eigenvalue weighted by atomic mass is 16.5. The number of aliphatic carboxylic acids is 1. The molecule has 3 heterocycles. The summed E-state index contributed by atoms with van der Waals surface area (Å²) in [6.07, 6.45) is 0.951. The van der Waals surface area contributed by atoms with Gasteiger partial charge in [0, 0.05) is 25.7 Å². The van der Waals surface area contributed by atoms with E-state index in [2.05, 4.69) is 28.8 Å². The van der Waals surface area contributed by atoms with E-state index in [4.69, 9.17) is 4.52 Å². The quantitative estimate of drug-likeness (QED) is 0.912. The van der Waals surface area contributed by atoms with Crippen LogP contribution in [-0.2, 0) is 11.3 Å². The average Bonchev–Trinajstić information content (AvgIpc) is 3.03. The molecular formula is C16H25N3O3. The number of fused-ring (bicyclic) bond motifs is 1. The van der Waals surface area contributed by atoms with Gasteiger partial charge in [-0.05, 0) is 31.8 Å². The molecule has 2 atom stereocenters. The summed E-state index contributed by atoms with van der Waals surface area (Å²) in [5.41, 5.74) is 0.327. The molecule has 2 aliphatic rings. The lowest BCUT2D eigenvalue weighted by molar-refractivity contribution is -0.154. The van der Waals surface area contributed by atoms with Crippen molar-refractivity contribution < 1.29 is 14.4 Å². The Kier molecular flexibility index (Phi) is 3.99. The highest BCUT2D eigenvalue weighted by Gasteiger charge is 2.54. The Balaban J connectivity index is 1.73. The predicted molar refractivity (Wildman–Crippen MR) is 81.5 cm³/mol. The lowest BCUT2D eigenvalue weighted by Crippen LogP contribution is -2.52. The number of aromatic nitrogens is 1. The Labute approximate surface area is 131 Å². The van der Waals surface area contributed by atoms with E-state index in [0.29, 0.717) is 25.6 Å². The molecule has 2 fully saturated rings. The van der Waals surface area contributed by atoms with E-state index in [1.165, 1.54) is 0 Å². The number of likely N-dealkylation sites (tertiary alicyclic amines) is 2. The van der Waals surface area contributed by atoms with Crippen LogP contribution in [0.2, 0.25) is 0 Å². The molecule has 0 bridgehead atoms. The normalized spacial score (nSPS) is 29.9. The predicted octanol–water partition coefficient (Wildman–Crippen LogP) is 1.64. The first-order valence-corrected chi connectivity index (χ1v) is 8.00. The van der Waals surface area contributed by atoms with E-state index >= 15 is 0 Å². The minimum absolute atomic E-state index is 0.230. The van der Waals surface area contributed by atoms with Gasteiger partial charge in [0.05, 0.1) is 17.7 Å². The lowest BCUT2D eigenvalue weighted by atomic mass is 9.73. The molecule has 6 heteroatoms. The van der Waals surface area contributed by atoms with Crippen LogP contribution in [0.1, 0.15) is 37.6 Å². The fourth-order valence-corrected chi connectivity index (χ4v) is 3.89. The van der Waals surface area contributed by atoms with Crippen molar-refractivity contribution in [2.24, 2.45) is 11.3 Å². The molecule has 1 aromatic rings. The lowest BCUT2D eigenvalue weighted by Gasteiger charge is -2.39. The molecule has 0 radical (unpaired) electrons. The van der Waals surface area contributed by atoms with Crippen LogP contribution >= 0.6 is 0 Å². The molecular weight excluding hydrogens is 282 g/mol. The Morgan fingerprint density at radius 3 is 2.95 bits per heavy atom. The van der Waals surface area contributed by atoms with Crippen LogP contribution in [0.3, 0.4) is 0 Å². The number of carboxylic acid groups (broad SMARTS) is 1. The zero-order valence-corrected chi connectivity index (χ0v) is 13.6. The Hall–Kier alpha value is -1.40. The number of piperidine rings is 1. The summed E-state index contributed by atoms with van der Waals surface area (Å²) in [6.45, 7) is 7.86. The topological polar surface area (TPSA) is 69.8 Å². The number of carboxylic acids is 1. The maximum atomic E-state index is 11.9. The third-order valence-electron chi connectivity index (χ3n) is 5.15. The molecule has 0 amide bonds. The number of hydrogen-bond donors (Lipinski definition) is 1. The number of hydrogen-bond acceptors (Lipinski definition) is 5. The summed E-state index contributed by atoms with van der Waals surface area (Å²) >= 11 is 0. The molecule has 3 rings (SSSR count). The van der Waals surface area contributed by atoms with Crippen molar-refractivity contribution >= 4 is 5.97 Å². The Bertz CT molecular complexity index is 557. The molecule has 22 heavy (non-hydrogen) atoms. The largest absolute Gasteiger partial charge is 0.481 e. The maximum Gasteiger partial charge on any atom is 0.312 e. The summed E-state index contributed by atoms with van der Waals surface area (Å²) in [6, 6.07) is 1.99. The molecule has 0 spiro atoms. The smallest absolute Gasteiger partial charge is 0.312 e. The van der Waals surface area contributed by atoms with Gasteiger partial charge in [0.25, 0.3) is 0 Å². The molecule has 6 nitrogen and oxygen atoms in total. The van der Waals surface area contributed by atoms with Crippen molar-refractivity contribution in [3.8, 4) is 0 Å². The molecule has 0 aliphatic carbocycles. The standard InChI is InChI=1S/C16H25N3O3/c1-11(2)14-6-13(22-17-14)8-19-7-12-4-5-18(3)9-16(12,10-19)15(20)21/h6,11-12H,4-5,7-10H2,1-3H3,(H,20,21)/t12-,16-/m0/s1. The monoisotopic (exact) mass is 307 g/mol. The van der Waals surface area contributed by atoms with E-state index in [0.717, 1.165) is 31.0 Å². The number of rotatable bonds is 4. The molecule has 0 aromatic carbocycles. The van der Waals surface area contributed by atoms with Gasteiger partial charge in [-0.3, -0.25) is 9.69 Å². The SMILES string of the molecule is CC(C)c1cc(CN2C[C@@H]3CCN(C)C[C@]3(C(=O)O)C2)on1. The minimum atomic E-state index is -0.660. The maximum absolute atomic E-state index is 11.9. The highest BCUT2D eigenvalue weighted by Crippen LogP contribution is 2.42. The van der Waals surface area contributed by atoms with E-state index in [1.54, 1.807) is 0 Å². The van der Waals surface area contributed by atoms with Gasteiger partial charge in [0.1, 0.15) is 0 Å². The van der Waals surface area contributed by atoms with E-state index in [1.807, 2.05) is 13.1 Å². The molecule has 2 saturated heterocycles. The molecule has 0 unspecified atom stereocenters. The molecule has 1 N–H and O–H groups in total. The van der Waals surface area contributed by atoms with Crippen molar-refractivity contribution in [3.63, 3.8) is 0 Å².